The second kappa shape index (κ2) is 7.63. The SMILES string of the molecule is CCCN(CC)c1ccc(C(=O)N2CCC(C)C(O)C2)cc1. The number of anilines is 1. The van der Waals surface area contributed by atoms with Gasteiger partial charge in [0.05, 0.1) is 6.10 Å². The number of benzene rings is 1. The second-order valence-corrected chi connectivity index (χ2v) is 6.21. The maximum absolute atomic E-state index is 12.5. The van der Waals surface area contributed by atoms with Crippen molar-refractivity contribution in [2.45, 2.75) is 39.7 Å². The Morgan fingerprint density at radius 2 is 2.00 bits per heavy atom. The Labute approximate surface area is 133 Å². The van der Waals surface area contributed by atoms with Crippen LogP contribution >= 0.6 is 0 Å². The first kappa shape index (κ1) is 16.8. The maximum atomic E-state index is 12.5. The Hall–Kier alpha value is -1.55. The number of β-amino-alcohol motifs (C(OH)–C–C–N with tert-alkyl or cyclic N) is 1. The Balaban J connectivity index is 2.05. The van der Waals surface area contributed by atoms with Crippen LogP contribution in [0.15, 0.2) is 24.3 Å². The topological polar surface area (TPSA) is 43.8 Å². The van der Waals surface area contributed by atoms with Gasteiger partial charge in [-0.05, 0) is 49.9 Å². The van der Waals surface area contributed by atoms with E-state index < -0.39 is 6.10 Å². The molecule has 1 fully saturated rings. The van der Waals surface area contributed by atoms with E-state index in [2.05, 4.69) is 18.7 Å². The summed E-state index contributed by atoms with van der Waals surface area (Å²) < 4.78 is 0. The number of carbonyl (C=O) groups is 1. The molecule has 1 saturated heterocycles. The summed E-state index contributed by atoms with van der Waals surface area (Å²) in [6, 6.07) is 7.85. The fraction of sp³-hybridized carbons (Fsp3) is 0.611. The van der Waals surface area contributed by atoms with Gasteiger partial charge in [-0.1, -0.05) is 13.8 Å². The fourth-order valence-corrected chi connectivity index (χ4v) is 2.97. The van der Waals surface area contributed by atoms with Gasteiger partial charge in [-0.15, -0.1) is 0 Å². The number of hydrogen-bond donors (Lipinski definition) is 1. The molecule has 22 heavy (non-hydrogen) atoms. The van der Waals surface area contributed by atoms with E-state index in [0.717, 1.165) is 38.2 Å². The number of aliphatic hydroxyl groups is 1. The summed E-state index contributed by atoms with van der Waals surface area (Å²) in [7, 11) is 0. The van der Waals surface area contributed by atoms with Crippen molar-refractivity contribution >= 4 is 11.6 Å². The summed E-state index contributed by atoms with van der Waals surface area (Å²) in [4.78, 5) is 16.6. The van der Waals surface area contributed by atoms with E-state index in [1.54, 1.807) is 4.90 Å². The Kier molecular flexibility index (Phi) is 5.83. The standard InChI is InChI=1S/C18H28N2O2/c1-4-11-19(5-2)16-8-6-15(7-9-16)18(22)20-12-10-14(3)17(21)13-20/h6-9,14,17,21H,4-5,10-13H2,1-3H3. The first-order valence-corrected chi connectivity index (χ1v) is 8.39. The van der Waals surface area contributed by atoms with Crippen molar-refractivity contribution in [3.8, 4) is 0 Å². The van der Waals surface area contributed by atoms with Crippen LogP contribution in [0.5, 0.6) is 0 Å². The lowest BCUT2D eigenvalue weighted by Crippen LogP contribution is -2.45. The lowest BCUT2D eigenvalue weighted by Gasteiger charge is -2.34. The average molecular weight is 304 g/mol. The van der Waals surface area contributed by atoms with Crippen LogP contribution in [0.3, 0.4) is 0 Å². The van der Waals surface area contributed by atoms with E-state index in [9.17, 15) is 9.90 Å². The van der Waals surface area contributed by atoms with Crippen LogP contribution < -0.4 is 4.90 Å². The lowest BCUT2D eigenvalue weighted by molar-refractivity contribution is 0.0248. The number of piperidine rings is 1. The molecule has 0 spiro atoms. The van der Waals surface area contributed by atoms with E-state index in [1.165, 1.54) is 0 Å². The van der Waals surface area contributed by atoms with Gasteiger partial charge in [-0.2, -0.15) is 0 Å². The highest BCUT2D eigenvalue weighted by Gasteiger charge is 2.27. The number of nitrogens with zero attached hydrogens (tertiary/aromatic N) is 2. The zero-order valence-electron chi connectivity index (χ0n) is 14.0. The molecule has 0 aliphatic carbocycles. The predicted molar refractivity (Wildman–Crippen MR) is 90.3 cm³/mol. The minimum atomic E-state index is -0.405. The first-order valence-electron chi connectivity index (χ1n) is 8.39. The molecule has 0 aromatic heterocycles. The molecule has 4 heteroatoms. The highest BCUT2D eigenvalue weighted by Crippen LogP contribution is 2.21. The van der Waals surface area contributed by atoms with Crippen molar-refractivity contribution in [1.29, 1.82) is 0 Å². The third-order valence-electron chi connectivity index (χ3n) is 4.56. The molecular weight excluding hydrogens is 276 g/mol. The third kappa shape index (κ3) is 3.80. The fourth-order valence-electron chi connectivity index (χ4n) is 2.97. The van der Waals surface area contributed by atoms with Crippen molar-refractivity contribution < 1.29 is 9.90 Å². The first-order chi connectivity index (χ1) is 10.6. The molecule has 0 bridgehead atoms. The largest absolute Gasteiger partial charge is 0.391 e. The zero-order chi connectivity index (χ0) is 16.1. The molecule has 2 unspecified atom stereocenters. The normalized spacial score (nSPS) is 21.7. The van der Waals surface area contributed by atoms with Crippen molar-refractivity contribution in [3.63, 3.8) is 0 Å². The number of amides is 1. The monoisotopic (exact) mass is 304 g/mol. The van der Waals surface area contributed by atoms with Crippen molar-refractivity contribution in [3.05, 3.63) is 29.8 Å². The van der Waals surface area contributed by atoms with Crippen molar-refractivity contribution in [2.75, 3.05) is 31.1 Å². The number of carbonyl (C=O) groups excluding carboxylic acids is 1. The molecule has 4 nitrogen and oxygen atoms in total. The molecule has 0 saturated carbocycles. The molecule has 2 rings (SSSR count). The van der Waals surface area contributed by atoms with E-state index in [0.29, 0.717) is 12.1 Å². The van der Waals surface area contributed by atoms with Gasteiger partial charge in [0.2, 0.25) is 0 Å². The maximum Gasteiger partial charge on any atom is 0.253 e. The quantitative estimate of drug-likeness (QED) is 0.909. The molecule has 1 aliphatic heterocycles. The summed E-state index contributed by atoms with van der Waals surface area (Å²) in [6.07, 6.45) is 1.57. The molecular formula is C18H28N2O2. The van der Waals surface area contributed by atoms with Gasteiger partial charge >= 0.3 is 0 Å². The third-order valence-corrected chi connectivity index (χ3v) is 4.56. The van der Waals surface area contributed by atoms with Crippen molar-refractivity contribution in [2.24, 2.45) is 5.92 Å². The molecule has 122 valence electrons. The smallest absolute Gasteiger partial charge is 0.253 e. The number of hydrogen-bond acceptors (Lipinski definition) is 3. The lowest BCUT2D eigenvalue weighted by atomic mass is 9.95. The van der Waals surface area contributed by atoms with Gasteiger partial charge in [0.1, 0.15) is 0 Å². The van der Waals surface area contributed by atoms with Crippen molar-refractivity contribution in [1.82, 2.24) is 4.90 Å². The average Bonchev–Trinajstić information content (AvgIpc) is 2.54. The summed E-state index contributed by atoms with van der Waals surface area (Å²) in [5.74, 6) is 0.301. The van der Waals surface area contributed by atoms with Gasteiger partial charge in [-0.25, -0.2) is 0 Å². The van der Waals surface area contributed by atoms with Gasteiger partial charge in [0.25, 0.3) is 5.91 Å². The van der Waals surface area contributed by atoms with Gasteiger partial charge in [0.15, 0.2) is 0 Å². The van der Waals surface area contributed by atoms with Crippen LogP contribution in [-0.2, 0) is 0 Å². The predicted octanol–water partition coefficient (Wildman–Crippen LogP) is 2.77. The summed E-state index contributed by atoms with van der Waals surface area (Å²) in [5, 5.41) is 9.95. The Morgan fingerprint density at radius 1 is 1.32 bits per heavy atom. The van der Waals surface area contributed by atoms with Gasteiger partial charge in [-0.3, -0.25) is 4.79 Å². The van der Waals surface area contributed by atoms with Crippen LogP contribution in [0.25, 0.3) is 0 Å². The number of likely N-dealkylation sites (tertiary alicyclic amines) is 1. The van der Waals surface area contributed by atoms with Crippen LogP contribution in [0.2, 0.25) is 0 Å². The molecule has 1 heterocycles. The molecule has 1 aliphatic rings. The molecule has 1 aromatic rings. The highest BCUT2D eigenvalue weighted by molar-refractivity contribution is 5.94. The molecule has 0 radical (unpaired) electrons. The Morgan fingerprint density at radius 3 is 2.55 bits per heavy atom. The highest BCUT2D eigenvalue weighted by atomic mass is 16.3. The van der Waals surface area contributed by atoms with E-state index >= 15 is 0 Å². The second-order valence-electron chi connectivity index (χ2n) is 6.21. The van der Waals surface area contributed by atoms with E-state index in [4.69, 9.17) is 0 Å². The van der Waals surface area contributed by atoms with Crippen LogP contribution in [0.4, 0.5) is 5.69 Å². The van der Waals surface area contributed by atoms with E-state index in [-0.39, 0.29) is 11.8 Å². The van der Waals surface area contributed by atoms with Crippen LogP contribution in [0, 0.1) is 5.92 Å². The summed E-state index contributed by atoms with van der Waals surface area (Å²) in [5.41, 5.74) is 1.87. The molecule has 1 aromatic carbocycles. The minimum Gasteiger partial charge on any atom is -0.391 e. The van der Waals surface area contributed by atoms with Crippen LogP contribution in [-0.4, -0.2) is 48.2 Å². The van der Waals surface area contributed by atoms with Crippen LogP contribution in [0.1, 0.15) is 44.0 Å². The minimum absolute atomic E-state index is 0.0241. The summed E-state index contributed by atoms with van der Waals surface area (Å²) >= 11 is 0. The molecule has 1 N–H and O–H groups in total. The Bertz CT molecular complexity index is 486. The number of aliphatic hydroxyl groups excluding tert-OH is 1. The zero-order valence-corrected chi connectivity index (χ0v) is 14.0. The number of rotatable bonds is 5. The molecule has 2 atom stereocenters. The van der Waals surface area contributed by atoms with Gasteiger partial charge < -0.3 is 14.9 Å². The molecule has 1 amide bonds. The van der Waals surface area contributed by atoms with Gasteiger partial charge in [0, 0.05) is 37.4 Å². The van der Waals surface area contributed by atoms with E-state index in [1.807, 2.05) is 31.2 Å². The summed E-state index contributed by atoms with van der Waals surface area (Å²) in [6.45, 7) is 9.52.